The summed E-state index contributed by atoms with van der Waals surface area (Å²) in [7, 11) is 0. The highest BCUT2D eigenvalue weighted by Gasteiger charge is 2.83. The van der Waals surface area contributed by atoms with Crippen LogP contribution in [0.3, 0.4) is 0 Å². The molecule has 4 aliphatic rings. The van der Waals surface area contributed by atoms with Crippen molar-refractivity contribution in [1.29, 1.82) is 0 Å². The van der Waals surface area contributed by atoms with Gasteiger partial charge in [0.2, 0.25) is 0 Å². The predicted octanol–water partition coefficient (Wildman–Crippen LogP) is -0.440. The molecule has 0 aromatic heterocycles. The summed E-state index contributed by atoms with van der Waals surface area (Å²) in [5, 5.41) is 0. The Hall–Kier alpha value is 0.230. The third kappa shape index (κ3) is 0.347. The molecular weight excluding hydrogens is 152 g/mol. The van der Waals surface area contributed by atoms with Crippen LogP contribution in [0, 0.1) is 0 Å². The van der Waals surface area contributed by atoms with Crippen LogP contribution in [0.5, 0.6) is 0 Å². The van der Waals surface area contributed by atoms with Crippen LogP contribution in [0.2, 0.25) is 0 Å². The third-order valence-corrected chi connectivity index (χ3v) is 3.40. The molecule has 3 nitrogen and oxygen atoms in total. The first-order valence-corrected chi connectivity index (χ1v) is 3.96. The zero-order valence-electron chi connectivity index (χ0n) is 5.06. The van der Waals surface area contributed by atoms with E-state index in [-0.39, 0.29) is 17.1 Å². The number of ether oxygens (including phenoxy) is 3. The van der Waals surface area contributed by atoms with Crippen molar-refractivity contribution in [1.82, 2.24) is 0 Å². The Kier molecular flexibility index (Phi) is 0.530. The van der Waals surface area contributed by atoms with Crippen molar-refractivity contribution in [3.63, 3.8) is 0 Å². The number of hydrogen-bond donors (Lipinski definition) is 1. The van der Waals surface area contributed by atoms with E-state index in [1.165, 1.54) is 0 Å². The maximum atomic E-state index is 5.39. The lowest BCUT2D eigenvalue weighted by Crippen LogP contribution is -2.28. The van der Waals surface area contributed by atoms with Crippen molar-refractivity contribution in [3.05, 3.63) is 0 Å². The second-order valence-electron chi connectivity index (χ2n) is 3.38. The molecule has 0 aromatic carbocycles. The quantitative estimate of drug-likeness (QED) is 0.383. The topological polar surface area (TPSA) is 37.6 Å². The normalized spacial score (nSPS) is 80.7. The second kappa shape index (κ2) is 1.06. The van der Waals surface area contributed by atoms with Gasteiger partial charge < -0.3 is 14.2 Å². The van der Waals surface area contributed by atoms with E-state index in [1.54, 1.807) is 0 Å². The fourth-order valence-electron chi connectivity index (χ4n) is 2.05. The molecule has 0 bridgehead atoms. The Labute approximate surface area is 63.0 Å². The maximum absolute atomic E-state index is 5.39. The minimum atomic E-state index is -0.262. The highest BCUT2D eigenvalue weighted by atomic mass is 32.1. The lowest BCUT2D eigenvalue weighted by Gasteiger charge is -2.00. The summed E-state index contributed by atoms with van der Waals surface area (Å²) in [4.78, 5) is -0.262. The van der Waals surface area contributed by atoms with E-state index >= 15 is 0 Å². The maximum Gasteiger partial charge on any atom is 0.169 e. The number of fused-ring (bicyclic) bond motifs is 6. The van der Waals surface area contributed by atoms with Gasteiger partial charge in [-0.1, -0.05) is 0 Å². The highest BCUT2D eigenvalue weighted by molar-refractivity contribution is 7.82. The zero-order chi connectivity index (χ0) is 6.51. The average molecular weight is 158 g/mol. The van der Waals surface area contributed by atoms with Crippen LogP contribution in [0.25, 0.3) is 0 Å². The van der Waals surface area contributed by atoms with Crippen LogP contribution in [0.1, 0.15) is 0 Å². The monoisotopic (exact) mass is 158 g/mol. The van der Waals surface area contributed by atoms with E-state index in [2.05, 4.69) is 12.6 Å². The summed E-state index contributed by atoms with van der Waals surface area (Å²) in [5.41, 5.74) is 0. The highest BCUT2D eigenvalue weighted by Crippen LogP contribution is 2.64. The minimum Gasteiger partial charge on any atom is -0.364 e. The number of hydrogen-bond acceptors (Lipinski definition) is 4. The molecule has 0 spiro atoms. The molecule has 4 rings (SSSR count). The number of epoxide rings is 3. The Bertz CT molecular complexity index is 223. The molecular formula is C6H6O3S. The molecule has 4 fully saturated rings. The summed E-state index contributed by atoms with van der Waals surface area (Å²) in [6.45, 7) is 0. The van der Waals surface area contributed by atoms with Gasteiger partial charge in [-0.25, -0.2) is 0 Å². The molecule has 54 valence electrons. The SMILES string of the molecule is SC12OC1C1OC1C1OC12. The lowest BCUT2D eigenvalue weighted by molar-refractivity contribution is 0.285. The largest absolute Gasteiger partial charge is 0.364 e. The molecule has 10 heavy (non-hydrogen) atoms. The van der Waals surface area contributed by atoms with E-state index < -0.39 is 0 Å². The van der Waals surface area contributed by atoms with Crippen LogP contribution in [0.15, 0.2) is 0 Å². The smallest absolute Gasteiger partial charge is 0.169 e. The van der Waals surface area contributed by atoms with Gasteiger partial charge in [0.05, 0.1) is 0 Å². The Morgan fingerprint density at radius 1 is 1.00 bits per heavy atom. The average Bonchev–Trinajstić information content (AvgIpc) is 2.64. The van der Waals surface area contributed by atoms with Crippen LogP contribution >= 0.6 is 12.6 Å². The molecule has 6 unspecified atom stereocenters. The summed E-state index contributed by atoms with van der Waals surface area (Å²) >= 11 is 4.39. The summed E-state index contributed by atoms with van der Waals surface area (Å²) < 4.78 is 16.1. The summed E-state index contributed by atoms with van der Waals surface area (Å²) in [6, 6.07) is 0. The van der Waals surface area contributed by atoms with Crippen molar-refractivity contribution >= 4 is 12.6 Å². The fraction of sp³-hybridized carbons (Fsp3) is 1.00. The van der Waals surface area contributed by atoms with Gasteiger partial charge in [0, 0.05) is 0 Å². The van der Waals surface area contributed by atoms with Gasteiger partial charge >= 0.3 is 0 Å². The number of rotatable bonds is 0. The molecule has 0 amide bonds. The van der Waals surface area contributed by atoms with Gasteiger partial charge in [0.1, 0.15) is 30.5 Å². The van der Waals surface area contributed by atoms with Crippen LogP contribution in [-0.2, 0) is 14.2 Å². The standard InChI is InChI=1S/C6H6O3S/c10-6-4-2(8-4)1-3(7-1)5(6)9-6/h1-5,10H. The molecule has 3 saturated heterocycles. The second-order valence-corrected chi connectivity index (χ2v) is 4.08. The van der Waals surface area contributed by atoms with Gasteiger partial charge in [0.25, 0.3) is 0 Å². The van der Waals surface area contributed by atoms with Gasteiger partial charge in [-0.15, -0.1) is 12.6 Å². The van der Waals surface area contributed by atoms with E-state index in [4.69, 9.17) is 14.2 Å². The van der Waals surface area contributed by atoms with Gasteiger partial charge in [-0.3, -0.25) is 0 Å². The van der Waals surface area contributed by atoms with Crippen molar-refractivity contribution < 1.29 is 14.2 Å². The van der Waals surface area contributed by atoms with E-state index in [0.717, 1.165) is 0 Å². The molecule has 0 N–H and O–H groups in total. The van der Waals surface area contributed by atoms with Crippen molar-refractivity contribution in [2.75, 3.05) is 0 Å². The predicted molar refractivity (Wildman–Crippen MR) is 33.9 cm³/mol. The summed E-state index contributed by atoms with van der Waals surface area (Å²) in [6.07, 6.45) is 1.41. The molecule has 6 atom stereocenters. The lowest BCUT2D eigenvalue weighted by atomic mass is 10.0. The molecule has 0 aromatic rings. The first-order valence-electron chi connectivity index (χ1n) is 3.52. The zero-order valence-corrected chi connectivity index (χ0v) is 5.95. The Morgan fingerprint density at radius 3 is 2.70 bits per heavy atom. The van der Waals surface area contributed by atoms with Crippen molar-refractivity contribution in [2.24, 2.45) is 0 Å². The summed E-state index contributed by atoms with van der Waals surface area (Å²) in [5.74, 6) is 0. The van der Waals surface area contributed by atoms with Gasteiger partial charge in [-0.05, 0) is 0 Å². The van der Waals surface area contributed by atoms with E-state index in [0.29, 0.717) is 18.3 Å². The van der Waals surface area contributed by atoms with Crippen LogP contribution in [0.4, 0.5) is 0 Å². The van der Waals surface area contributed by atoms with Crippen LogP contribution < -0.4 is 0 Å². The van der Waals surface area contributed by atoms with Crippen LogP contribution in [-0.4, -0.2) is 35.5 Å². The molecule has 1 saturated carbocycles. The first kappa shape index (κ1) is 4.98. The first-order chi connectivity index (χ1) is 4.81. The molecule has 0 radical (unpaired) electrons. The molecule has 4 heteroatoms. The fourth-order valence-corrected chi connectivity index (χ4v) is 2.52. The molecule has 3 heterocycles. The number of thiol groups is 1. The molecule has 3 aliphatic heterocycles. The van der Waals surface area contributed by atoms with Crippen molar-refractivity contribution in [2.45, 2.75) is 35.5 Å². The van der Waals surface area contributed by atoms with E-state index in [1.807, 2.05) is 0 Å². The molecule has 1 aliphatic carbocycles. The Morgan fingerprint density at radius 2 is 1.80 bits per heavy atom. The van der Waals surface area contributed by atoms with Crippen molar-refractivity contribution in [3.8, 4) is 0 Å². The minimum absolute atomic E-state index is 0.226. The van der Waals surface area contributed by atoms with Gasteiger partial charge in [-0.2, -0.15) is 0 Å². The van der Waals surface area contributed by atoms with E-state index in [9.17, 15) is 0 Å². The van der Waals surface area contributed by atoms with Gasteiger partial charge in [0.15, 0.2) is 4.93 Å². The third-order valence-electron chi connectivity index (χ3n) is 2.78. The Balaban J connectivity index is 1.84.